The number of urea groups is 1. The van der Waals surface area contributed by atoms with Crippen molar-refractivity contribution in [3.05, 3.63) is 7.43 Å². The van der Waals surface area contributed by atoms with Crippen LogP contribution in [-0.4, -0.2) is 102 Å². The van der Waals surface area contributed by atoms with Crippen LogP contribution in [0, 0.1) is 7.43 Å². The maximum atomic E-state index is 11.1. The molecular formula is C24H55IN7O6Pd-. The Morgan fingerprint density at radius 2 is 1.31 bits per heavy atom. The van der Waals surface area contributed by atoms with Crippen molar-refractivity contribution in [2.24, 2.45) is 5.73 Å². The van der Waals surface area contributed by atoms with Gasteiger partial charge in [-0.1, -0.05) is 22.6 Å². The van der Waals surface area contributed by atoms with Crippen molar-refractivity contribution >= 4 is 52.3 Å². The van der Waals surface area contributed by atoms with E-state index in [9.17, 15) is 24.0 Å². The number of carbonyl (C=O) groups excluding carboxylic acids is 4. The van der Waals surface area contributed by atoms with Crippen LogP contribution in [0.4, 0.5) is 4.79 Å². The number of halogens is 1. The molecule has 0 aromatic rings. The smallest absolute Gasteiger partial charge is 0.324 e. The summed E-state index contributed by atoms with van der Waals surface area (Å²) in [6.45, 7) is 13.5. The SMILES string of the molecule is CN1C(=O)NC(C)(C)C1=O.CNC(=O)C(C)(C)N.CNC(=O)C(C)(C)NC.CNC(C)(C)C(=O)O.[2H]CI.[CH3-].[HH].[Pd]. The quantitative estimate of drug-likeness (QED) is 0.0701. The van der Waals surface area contributed by atoms with Gasteiger partial charge in [0, 0.05) is 44.4 Å². The number of carboxylic acids is 1. The van der Waals surface area contributed by atoms with Gasteiger partial charge in [0.05, 0.1) is 11.1 Å². The zero-order valence-corrected chi connectivity index (χ0v) is 29.6. The van der Waals surface area contributed by atoms with E-state index in [4.69, 9.17) is 12.2 Å². The molecule has 0 saturated carbocycles. The Bertz CT molecular complexity index is 784. The normalized spacial score (nSPS) is 13.6. The summed E-state index contributed by atoms with van der Waals surface area (Å²) >= 11 is 1.96. The summed E-state index contributed by atoms with van der Waals surface area (Å²) in [5.41, 5.74) is 2.68. The first-order chi connectivity index (χ1) is 16.9. The third-order valence-corrected chi connectivity index (χ3v) is 4.96. The number of aliphatic carboxylic acids is 1. The van der Waals surface area contributed by atoms with Crippen LogP contribution in [0.25, 0.3) is 0 Å². The fraction of sp³-hybridized carbons (Fsp3) is 0.750. The van der Waals surface area contributed by atoms with Crippen LogP contribution in [0.15, 0.2) is 0 Å². The Morgan fingerprint density at radius 3 is 1.36 bits per heavy atom. The first-order valence-electron chi connectivity index (χ1n) is 11.9. The van der Waals surface area contributed by atoms with Crippen LogP contribution < -0.4 is 32.3 Å². The molecule has 0 bridgehead atoms. The van der Waals surface area contributed by atoms with Crippen molar-refractivity contribution in [2.45, 2.75) is 77.5 Å². The molecule has 0 unspecified atom stereocenters. The van der Waals surface area contributed by atoms with Crippen LogP contribution in [0.3, 0.4) is 0 Å². The number of likely N-dealkylation sites (N-methyl/N-ethyl adjacent to an activating group) is 5. The second kappa shape index (κ2) is 22.3. The van der Waals surface area contributed by atoms with Gasteiger partial charge in [-0.25, -0.2) is 4.79 Å². The number of amides is 5. The van der Waals surface area contributed by atoms with Crippen molar-refractivity contribution < 1.29 is 52.3 Å². The number of carbonyl (C=O) groups is 5. The minimum absolute atomic E-state index is 0. The number of carboxylic acid groups (broad SMARTS) is 1. The second-order valence-corrected chi connectivity index (χ2v) is 9.85. The monoisotopic (exact) mass is 771 g/mol. The van der Waals surface area contributed by atoms with Gasteiger partial charge in [-0.3, -0.25) is 24.1 Å². The molecule has 1 aliphatic rings. The summed E-state index contributed by atoms with van der Waals surface area (Å²) < 4.78 is 6.20. The topological polar surface area (TPSA) is 195 Å². The van der Waals surface area contributed by atoms with Gasteiger partial charge in [-0.2, -0.15) is 0 Å². The van der Waals surface area contributed by atoms with Gasteiger partial charge in [0.15, 0.2) is 0 Å². The van der Waals surface area contributed by atoms with Crippen molar-refractivity contribution in [1.82, 2.24) is 31.5 Å². The number of alkyl halides is 1. The van der Waals surface area contributed by atoms with Gasteiger partial charge < -0.3 is 44.9 Å². The number of hydrogen-bond donors (Lipinski definition) is 7. The molecular weight excluding hydrogens is 716 g/mol. The van der Waals surface area contributed by atoms with E-state index >= 15 is 0 Å². The standard InChI is InChI=1S/C6H10N2O2.C6H14N2O.C5H12N2O.C5H11NO2.CH3I.CH3.Pd.H2/c1-6(2)4(9)8(3)5(10)7-6;1-6(2,8-4)5(9)7-3;1-5(2,6)4(8)7-3;1-5(2,6-3)4(7)8;1-2;;;/h1-3H3,(H,7,10);8H,1-4H3,(H,7,9);6H2,1-3H3,(H,7,8);6H,1-3H3,(H,7,8);1H3;1H3;;1H/q;;;;;-1;;/i;;;;1D;;;. The summed E-state index contributed by atoms with van der Waals surface area (Å²) in [5.74, 6) is -1.15. The Morgan fingerprint density at radius 1 is 0.974 bits per heavy atom. The van der Waals surface area contributed by atoms with Gasteiger partial charge in [0.2, 0.25) is 11.8 Å². The summed E-state index contributed by atoms with van der Waals surface area (Å²) in [5, 5.41) is 21.4. The molecule has 13 nitrogen and oxygen atoms in total. The Labute approximate surface area is 266 Å². The van der Waals surface area contributed by atoms with Gasteiger partial charge in [-0.05, 0) is 74.4 Å². The molecule has 0 aromatic carbocycles. The predicted octanol–water partition coefficient (Wildman–Crippen LogP) is 0.961. The molecule has 0 spiro atoms. The Balaban J connectivity index is -0.0000000714. The van der Waals surface area contributed by atoms with Crippen LogP contribution >= 0.6 is 22.6 Å². The van der Waals surface area contributed by atoms with E-state index in [-0.39, 0.29) is 53.0 Å². The fourth-order valence-electron chi connectivity index (χ4n) is 1.77. The first kappa shape index (κ1) is 47.4. The molecule has 0 atom stereocenters. The first-order valence-corrected chi connectivity index (χ1v) is 12.7. The van der Waals surface area contributed by atoms with Crippen molar-refractivity contribution in [2.75, 3.05) is 40.1 Å². The van der Waals surface area contributed by atoms with Gasteiger partial charge in [0.1, 0.15) is 11.1 Å². The zero-order valence-electron chi connectivity index (χ0n) is 26.9. The van der Waals surface area contributed by atoms with E-state index in [1.807, 2.05) is 36.4 Å². The van der Waals surface area contributed by atoms with Crippen LogP contribution in [0.5, 0.6) is 0 Å². The maximum Gasteiger partial charge on any atom is 0.324 e. The van der Waals surface area contributed by atoms with E-state index in [2.05, 4.69) is 26.6 Å². The van der Waals surface area contributed by atoms with Crippen molar-refractivity contribution in [3.8, 4) is 0 Å². The maximum absolute atomic E-state index is 11.1. The summed E-state index contributed by atoms with van der Waals surface area (Å²) in [7, 11) is 8.04. The zero-order chi connectivity index (χ0) is 31.7. The molecule has 1 saturated heterocycles. The third-order valence-electron chi connectivity index (χ3n) is 4.96. The van der Waals surface area contributed by atoms with E-state index < -0.39 is 28.1 Å². The molecule has 1 aliphatic heterocycles. The van der Waals surface area contributed by atoms with Gasteiger partial charge in [-0.15, -0.1) is 0 Å². The molecule has 240 valence electrons. The molecule has 0 radical (unpaired) electrons. The fourth-order valence-corrected chi connectivity index (χ4v) is 1.77. The van der Waals surface area contributed by atoms with Gasteiger partial charge >= 0.3 is 12.0 Å². The molecule has 5 amide bonds. The average molecular weight is 772 g/mol. The van der Waals surface area contributed by atoms with E-state index in [0.29, 0.717) is 4.91 Å². The minimum atomic E-state index is -0.833. The third kappa shape index (κ3) is 21.1. The molecule has 0 aliphatic carbocycles. The number of nitrogens with one attached hydrogen (secondary N) is 5. The Hall–Kier alpha value is -1.38. The molecule has 1 fully saturated rings. The molecule has 39 heavy (non-hydrogen) atoms. The van der Waals surface area contributed by atoms with Crippen molar-refractivity contribution in [3.63, 3.8) is 0 Å². The molecule has 1 rings (SSSR count). The minimum Gasteiger partial charge on any atom is -0.480 e. The van der Waals surface area contributed by atoms with Crippen molar-refractivity contribution in [1.29, 1.82) is 0 Å². The number of nitrogens with zero attached hydrogens (tertiary/aromatic N) is 1. The summed E-state index contributed by atoms with van der Waals surface area (Å²) in [6.07, 6.45) is 0. The van der Waals surface area contributed by atoms with Crippen LogP contribution in [0.2, 0.25) is 0 Å². The summed E-state index contributed by atoms with van der Waals surface area (Å²) in [6, 6.07) is -0.324. The van der Waals surface area contributed by atoms with Crippen LogP contribution in [-0.2, 0) is 39.6 Å². The average Bonchev–Trinajstić information content (AvgIpc) is 2.99. The largest absolute Gasteiger partial charge is 0.480 e. The second-order valence-electron chi connectivity index (χ2n) is 9.85. The Kier molecular flexibility index (Phi) is 27.1. The summed E-state index contributed by atoms with van der Waals surface area (Å²) in [4.78, 5) is 55.1. The molecule has 1 heterocycles. The van der Waals surface area contributed by atoms with Crippen LogP contribution in [0.1, 0.15) is 58.2 Å². The number of rotatable bonds is 5. The van der Waals surface area contributed by atoms with E-state index in [0.717, 1.165) is 4.90 Å². The molecule has 0 aromatic heterocycles. The number of imide groups is 1. The number of nitrogens with two attached hydrogens (primary N) is 1. The van der Waals surface area contributed by atoms with E-state index in [1.54, 1.807) is 69.7 Å². The van der Waals surface area contributed by atoms with E-state index in [1.165, 1.54) is 7.05 Å². The number of hydrogen-bond acceptors (Lipinski definition) is 8. The van der Waals surface area contributed by atoms with Gasteiger partial charge in [0.25, 0.3) is 5.91 Å². The predicted molar refractivity (Wildman–Crippen MR) is 164 cm³/mol. The molecule has 8 N–H and O–H groups in total. The molecule has 15 heteroatoms.